The van der Waals surface area contributed by atoms with E-state index in [1.807, 2.05) is 0 Å². The molecule has 18 heavy (non-hydrogen) atoms. The molecule has 2 heterocycles. The first-order chi connectivity index (χ1) is 8.61. The van der Waals surface area contributed by atoms with Crippen LogP contribution < -0.4 is 5.32 Å². The van der Waals surface area contributed by atoms with Crippen LogP contribution in [0.4, 0.5) is 4.79 Å². The van der Waals surface area contributed by atoms with Crippen LogP contribution in [0, 0.1) is 0 Å². The largest absolute Gasteiger partial charge is 0.468 e. The first kappa shape index (κ1) is 11.9. The predicted molar refractivity (Wildman–Crippen MR) is 58.9 cm³/mol. The number of nitrogens with one attached hydrogen (secondary N) is 1. The van der Waals surface area contributed by atoms with Gasteiger partial charge in [-0.25, -0.2) is 9.69 Å². The number of methoxy groups -OCH3 is 1. The number of carbonyl (C=O) groups is 3. The highest BCUT2D eigenvalue weighted by Crippen LogP contribution is 2.14. The van der Waals surface area contributed by atoms with E-state index >= 15 is 0 Å². The summed E-state index contributed by atoms with van der Waals surface area (Å²) in [4.78, 5) is 35.1. The molecule has 0 radical (unpaired) electrons. The zero-order chi connectivity index (χ0) is 13.1. The molecule has 2 rings (SSSR count). The van der Waals surface area contributed by atoms with Gasteiger partial charge in [-0.2, -0.15) is 0 Å². The Morgan fingerprint density at radius 1 is 1.56 bits per heavy atom. The molecule has 1 fully saturated rings. The second-order valence-corrected chi connectivity index (χ2v) is 3.47. The number of carbonyl (C=O) groups excluding carboxylic acids is 3. The number of hydrogen-bond donors (Lipinski definition) is 1. The van der Waals surface area contributed by atoms with Crippen molar-refractivity contribution in [2.45, 2.75) is 0 Å². The third-order valence-electron chi connectivity index (χ3n) is 2.31. The van der Waals surface area contributed by atoms with Crippen molar-refractivity contribution in [1.82, 2.24) is 10.2 Å². The van der Waals surface area contributed by atoms with Gasteiger partial charge in [-0.15, -0.1) is 0 Å². The highest BCUT2D eigenvalue weighted by Gasteiger charge is 2.35. The third kappa shape index (κ3) is 2.24. The number of furan rings is 1. The molecule has 1 aromatic rings. The minimum absolute atomic E-state index is 0.0545. The van der Waals surface area contributed by atoms with Gasteiger partial charge in [0.1, 0.15) is 18.0 Å². The molecule has 7 nitrogen and oxygen atoms in total. The van der Waals surface area contributed by atoms with Gasteiger partial charge in [0.15, 0.2) is 0 Å². The topological polar surface area (TPSA) is 88.8 Å². The van der Waals surface area contributed by atoms with E-state index < -0.39 is 24.5 Å². The van der Waals surface area contributed by atoms with Crippen molar-refractivity contribution in [2.75, 3.05) is 13.7 Å². The summed E-state index contributed by atoms with van der Waals surface area (Å²) in [5.74, 6) is -0.835. The maximum Gasteiger partial charge on any atom is 0.329 e. The first-order valence-corrected chi connectivity index (χ1v) is 5.06. The van der Waals surface area contributed by atoms with Gasteiger partial charge >= 0.3 is 12.0 Å². The first-order valence-electron chi connectivity index (χ1n) is 5.06. The molecule has 0 aromatic carbocycles. The Kier molecular flexibility index (Phi) is 3.13. The van der Waals surface area contributed by atoms with Crippen molar-refractivity contribution in [3.63, 3.8) is 0 Å². The monoisotopic (exact) mass is 250 g/mol. The Morgan fingerprint density at radius 2 is 2.33 bits per heavy atom. The maximum atomic E-state index is 11.8. The normalized spacial score (nSPS) is 17.2. The van der Waals surface area contributed by atoms with Crippen molar-refractivity contribution in [2.24, 2.45) is 0 Å². The van der Waals surface area contributed by atoms with Gasteiger partial charge < -0.3 is 14.5 Å². The zero-order valence-electron chi connectivity index (χ0n) is 9.50. The van der Waals surface area contributed by atoms with Crippen LogP contribution >= 0.6 is 0 Å². The molecular formula is C11H10N2O5. The second-order valence-electron chi connectivity index (χ2n) is 3.47. The summed E-state index contributed by atoms with van der Waals surface area (Å²) in [7, 11) is 1.18. The number of nitrogens with zero attached hydrogens (tertiary/aromatic N) is 1. The highest BCUT2D eigenvalue weighted by atomic mass is 16.5. The Balaban J connectivity index is 2.16. The third-order valence-corrected chi connectivity index (χ3v) is 2.31. The van der Waals surface area contributed by atoms with Gasteiger partial charge in [0.05, 0.1) is 13.4 Å². The van der Waals surface area contributed by atoms with Gasteiger partial charge in [0.25, 0.3) is 5.91 Å². The lowest BCUT2D eigenvalue weighted by Gasteiger charge is -2.08. The zero-order valence-corrected chi connectivity index (χ0v) is 9.50. The Bertz CT molecular complexity index is 518. The lowest BCUT2D eigenvalue weighted by Crippen LogP contribution is -2.36. The molecule has 1 saturated heterocycles. The smallest absolute Gasteiger partial charge is 0.329 e. The molecule has 1 aliphatic heterocycles. The fourth-order valence-electron chi connectivity index (χ4n) is 1.42. The molecule has 1 aliphatic rings. The van der Waals surface area contributed by atoms with E-state index in [-0.39, 0.29) is 5.70 Å². The number of amides is 3. The Hall–Kier alpha value is -2.57. The minimum Gasteiger partial charge on any atom is -0.468 e. The number of esters is 1. The lowest BCUT2D eigenvalue weighted by atomic mass is 10.3. The summed E-state index contributed by atoms with van der Waals surface area (Å²) in [6.45, 7) is -0.420. The van der Waals surface area contributed by atoms with Crippen LogP contribution in [-0.2, 0) is 14.3 Å². The molecule has 1 aromatic heterocycles. The van der Waals surface area contributed by atoms with Crippen LogP contribution in [0.3, 0.4) is 0 Å². The predicted octanol–water partition coefficient (Wildman–Crippen LogP) is 0.345. The van der Waals surface area contributed by atoms with E-state index in [1.165, 1.54) is 19.4 Å². The number of rotatable bonds is 3. The van der Waals surface area contributed by atoms with Crippen molar-refractivity contribution < 1.29 is 23.5 Å². The van der Waals surface area contributed by atoms with Crippen LogP contribution in [0.5, 0.6) is 0 Å². The average molecular weight is 250 g/mol. The summed E-state index contributed by atoms with van der Waals surface area (Å²) in [6.07, 6.45) is 2.83. The van der Waals surface area contributed by atoms with Gasteiger partial charge in [-0.1, -0.05) is 0 Å². The van der Waals surface area contributed by atoms with Gasteiger partial charge in [0, 0.05) is 6.08 Å². The van der Waals surface area contributed by atoms with E-state index in [4.69, 9.17) is 4.42 Å². The maximum absolute atomic E-state index is 11.8. The van der Waals surface area contributed by atoms with Gasteiger partial charge in [-0.3, -0.25) is 9.59 Å². The van der Waals surface area contributed by atoms with Crippen molar-refractivity contribution in [3.05, 3.63) is 29.9 Å². The van der Waals surface area contributed by atoms with Crippen LogP contribution in [0.1, 0.15) is 5.76 Å². The lowest BCUT2D eigenvalue weighted by molar-refractivity contribution is -0.143. The van der Waals surface area contributed by atoms with Crippen molar-refractivity contribution in [1.29, 1.82) is 0 Å². The molecule has 0 aliphatic carbocycles. The highest BCUT2D eigenvalue weighted by molar-refractivity contribution is 6.15. The summed E-state index contributed by atoms with van der Waals surface area (Å²) < 4.78 is 9.43. The fraction of sp³-hybridized carbons (Fsp3) is 0.182. The van der Waals surface area contributed by atoms with E-state index in [1.54, 1.807) is 12.1 Å². The quantitative estimate of drug-likeness (QED) is 0.475. The van der Waals surface area contributed by atoms with E-state index in [0.29, 0.717) is 5.76 Å². The molecule has 0 spiro atoms. The molecule has 3 amide bonds. The van der Waals surface area contributed by atoms with Crippen molar-refractivity contribution >= 4 is 24.0 Å². The summed E-state index contributed by atoms with van der Waals surface area (Å²) in [5, 5.41) is 2.35. The van der Waals surface area contributed by atoms with Crippen LogP contribution in [-0.4, -0.2) is 36.5 Å². The SMILES string of the molecule is COC(=O)CN1C(=O)N/C(=C/c2ccco2)C1=O. The van der Waals surface area contributed by atoms with Gasteiger partial charge in [-0.05, 0) is 12.1 Å². The Labute approximate surface area is 102 Å². The molecule has 0 unspecified atom stereocenters. The molecule has 0 bridgehead atoms. The molecule has 7 heteroatoms. The van der Waals surface area contributed by atoms with E-state index in [9.17, 15) is 14.4 Å². The Morgan fingerprint density at radius 3 is 2.94 bits per heavy atom. The molecule has 0 atom stereocenters. The number of urea groups is 1. The fourth-order valence-corrected chi connectivity index (χ4v) is 1.42. The molecule has 94 valence electrons. The van der Waals surface area contributed by atoms with E-state index in [0.717, 1.165) is 4.90 Å². The van der Waals surface area contributed by atoms with Crippen LogP contribution in [0.2, 0.25) is 0 Å². The summed E-state index contributed by atoms with van der Waals surface area (Å²) in [5.41, 5.74) is 0.0545. The summed E-state index contributed by atoms with van der Waals surface area (Å²) in [6, 6.07) is 2.62. The van der Waals surface area contributed by atoms with Gasteiger partial charge in [0.2, 0.25) is 0 Å². The average Bonchev–Trinajstić information content (AvgIpc) is 2.94. The number of imide groups is 1. The second kappa shape index (κ2) is 4.74. The standard InChI is InChI=1S/C11H10N2O5/c1-17-9(14)6-13-10(15)8(12-11(13)16)5-7-3-2-4-18-7/h2-5H,6H2,1H3,(H,12,16)/b8-5+. The minimum atomic E-state index is -0.669. The molecular weight excluding hydrogens is 240 g/mol. The van der Waals surface area contributed by atoms with E-state index in [2.05, 4.69) is 10.1 Å². The summed E-state index contributed by atoms with van der Waals surface area (Å²) >= 11 is 0. The van der Waals surface area contributed by atoms with Crippen LogP contribution in [0.15, 0.2) is 28.5 Å². The number of hydrogen-bond acceptors (Lipinski definition) is 5. The van der Waals surface area contributed by atoms with Crippen molar-refractivity contribution in [3.8, 4) is 0 Å². The number of ether oxygens (including phenoxy) is 1. The molecule has 0 saturated carbocycles. The molecule has 1 N–H and O–H groups in total. The van der Waals surface area contributed by atoms with Crippen LogP contribution in [0.25, 0.3) is 6.08 Å².